The molecule has 1 atom stereocenters. The third-order valence-corrected chi connectivity index (χ3v) is 6.05. The van der Waals surface area contributed by atoms with E-state index in [1.54, 1.807) is 20.0 Å². The van der Waals surface area contributed by atoms with Crippen LogP contribution in [0.15, 0.2) is 17.2 Å². The molecule has 1 aliphatic rings. The van der Waals surface area contributed by atoms with Crippen LogP contribution < -0.4 is 0 Å². The summed E-state index contributed by atoms with van der Waals surface area (Å²) in [6.45, 7) is 3.53. The van der Waals surface area contributed by atoms with Crippen LogP contribution >= 0.6 is 11.6 Å². The van der Waals surface area contributed by atoms with Crippen LogP contribution in [0, 0.1) is 6.92 Å². The lowest BCUT2D eigenvalue weighted by atomic mass is 10.1. The number of nitrogens with zero attached hydrogens (tertiary/aromatic N) is 3. The summed E-state index contributed by atoms with van der Waals surface area (Å²) in [6, 6.07) is 1.59. The summed E-state index contributed by atoms with van der Waals surface area (Å²) in [4.78, 5) is 6.30. The highest BCUT2D eigenvalue weighted by atomic mass is 35.5. The Hall–Kier alpha value is -0.690. The van der Waals surface area contributed by atoms with Gasteiger partial charge in [-0.1, -0.05) is 11.6 Å². The molecule has 0 amide bonds. The molecule has 0 unspecified atom stereocenters. The molecule has 0 saturated carbocycles. The molecule has 5 nitrogen and oxygen atoms in total. The second-order valence-corrected chi connectivity index (χ2v) is 7.71. The number of aryl methyl sites for hydroxylation is 1. The number of rotatable bonds is 3. The number of likely N-dealkylation sites (tertiary alicyclic amines) is 1. The molecule has 0 aromatic carbocycles. The predicted octanol–water partition coefficient (Wildman–Crippen LogP) is 1.76. The fourth-order valence-electron chi connectivity index (χ4n) is 2.47. The molecule has 0 N–H and O–H groups in total. The van der Waals surface area contributed by atoms with E-state index in [0.29, 0.717) is 10.7 Å². The van der Waals surface area contributed by atoms with Crippen molar-refractivity contribution in [3.63, 3.8) is 0 Å². The van der Waals surface area contributed by atoms with E-state index >= 15 is 0 Å². The minimum Gasteiger partial charge on any atom is -0.305 e. The Morgan fingerprint density at radius 2 is 2.20 bits per heavy atom. The molecule has 1 aromatic heterocycles. The van der Waals surface area contributed by atoms with Crippen LogP contribution in [-0.2, 0) is 10.0 Å². The van der Waals surface area contributed by atoms with E-state index in [0.717, 1.165) is 25.9 Å². The number of hydrogen-bond donors (Lipinski definition) is 0. The van der Waals surface area contributed by atoms with Gasteiger partial charge < -0.3 is 4.90 Å². The standard InChI is InChI=1S/C13H20ClN3O2S/c1-10-7-12(8-15-13(10)14)20(18,19)17(3)11-5-4-6-16(2)9-11/h7-8,11H,4-6,9H2,1-3H3/t11-/m1/s1. The van der Waals surface area contributed by atoms with Gasteiger partial charge in [0, 0.05) is 25.8 Å². The Balaban J connectivity index is 2.26. The molecule has 0 spiro atoms. The molecule has 0 radical (unpaired) electrons. The van der Waals surface area contributed by atoms with E-state index in [2.05, 4.69) is 9.88 Å². The lowest BCUT2D eigenvalue weighted by Crippen LogP contribution is -2.47. The monoisotopic (exact) mass is 317 g/mol. The van der Waals surface area contributed by atoms with Crippen molar-refractivity contribution in [2.75, 3.05) is 27.2 Å². The van der Waals surface area contributed by atoms with Gasteiger partial charge in [0.15, 0.2) is 0 Å². The molecule has 1 fully saturated rings. The van der Waals surface area contributed by atoms with E-state index < -0.39 is 10.0 Å². The van der Waals surface area contributed by atoms with Crippen LogP contribution in [0.1, 0.15) is 18.4 Å². The first-order valence-corrected chi connectivity index (χ1v) is 8.43. The van der Waals surface area contributed by atoms with Crippen molar-refractivity contribution < 1.29 is 8.42 Å². The summed E-state index contributed by atoms with van der Waals surface area (Å²) < 4.78 is 26.7. The molecule has 0 bridgehead atoms. The van der Waals surface area contributed by atoms with Crippen LogP contribution in [0.25, 0.3) is 0 Å². The number of hydrogen-bond acceptors (Lipinski definition) is 4. The van der Waals surface area contributed by atoms with E-state index in [9.17, 15) is 8.42 Å². The zero-order valence-electron chi connectivity index (χ0n) is 12.0. The Labute approximate surface area is 125 Å². The number of piperidine rings is 1. The number of likely N-dealkylation sites (N-methyl/N-ethyl adjacent to an activating group) is 2. The minimum absolute atomic E-state index is 0.00901. The van der Waals surface area contributed by atoms with Crippen LogP contribution in [0.3, 0.4) is 0 Å². The van der Waals surface area contributed by atoms with E-state index in [1.165, 1.54) is 10.5 Å². The zero-order chi connectivity index (χ0) is 14.9. The summed E-state index contributed by atoms with van der Waals surface area (Å²) in [5, 5.41) is 0.337. The van der Waals surface area contributed by atoms with Gasteiger partial charge in [-0.15, -0.1) is 0 Å². The number of aromatic nitrogens is 1. The smallest absolute Gasteiger partial charge is 0.244 e. The van der Waals surface area contributed by atoms with Crippen LogP contribution in [0.4, 0.5) is 0 Å². The largest absolute Gasteiger partial charge is 0.305 e. The fourth-order valence-corrected chi connectivity index (χ4v) is 3.98. The minimum atomic E-state index is -3.52. The van der Waals surface area contributed by atoms with Crippen LogP contribution in [0.2, 0.25) is 5.15 Å². The summed E-state index contributed by atoms with van der Waals surface area (Å²) in [6.07, 6.45) is 3.23. The van der Waals surface area contributed by atoms with Crippen molar-refractivity contribution in [1.29, 1.82) is 0 Å². The molecule has 1 aliphatic heterocycles. The topological polar surface area (TPSA) is 53.5 Å². The quantitative estimate of drug-likeness (QED) is 0.797. The first-order chi connectivity index (χ1) is 9.32. The average Bonchev–Trinajstić information content (AvgIpc) is 2.40. The SMILES string of the molecule is Cc1cc(S(=O)(=O)N(C)[C@@H]2CCCN(C)C2)cnc1Cl. The molecule has 2 heterocycles. The number of sulfonamides is 1. The first-order valence-electron chi connectivity index (χ1n) is 6.61. The first kappa shape index (κ1) is 15.7. The lowest BCUT2D eigenvalue weighted by Gasteiger charge is -2.35. The normalized spacial score (nSPS) is 21.4. The van der Waals surface area contributed by atoms with Gasteiger partial charge >= 0.3 is 0 Å². The molecule has 20 heavy (non-hydrogen) atoms. The molecule has 2 rings (SSSR count). The van der Waals surface area contributed by atoms with Crippen molar-refractivity contribution >= 4 is 21.6 Å². The van der Waals surface area contributed by atoms with Gasteiger partial charge in [0.05, 0.1) is 0 Å². The predicted molar refractivity (Wildman–Crippen MR) is 79.5 cm³/mol. The second kappa shape index (κ2) is 5.97. The molecule has 7 heteroatoms. The molecular weight excluding hydrogens is 298 g/mol. The average molecular weight is 318 g/mol. The Morgan fingerprint density at radius 3 is 2.80 bits per heavy atom. The van der Waals surface area contributed by atoms with Gasteiger partial charge in [0.25, 0.3) is 0 Å². The highest BCUT2D eigenvalue weighted by molar-refractivity contribution is 7.89. The van der Waals surface area contributed by atoms with Gasteiger partial charge in [0.2, 0.25) is 10.0 Å². The van der Waals surface area contributed by atoms with Crippen molar-refractivity contribution in [3.8, 4) is 0 Å². The van der Waals surface area contributed by atoms with Crippen molar-refractivity contribution in [3.05, 3.63) is 23.0 Å². The summed E-state index contributed by atoms with van der Waals surface area (Å²) >= 11 is 5.85. The van der Waals surface area contributed by atoms with Crippen molar-refractivity contribution in [2.45, 2.75) is 30.7 Å². The maximum Gasteiger partial charge on any atom is 0.244 e. The molecular formula is C13H20ClN3O2S. The Bertz CT molecular complexity index is 591. The fraction of sp³-hybridized carbons (Fsp3) is 0.615. The van der Waals surface area contributed by atoms with E-state index in [1.807, 2.05) is 7.05 Å². The Kier molecular flexibility index (Phi) is 4.69. The highest BCUT2D eigenvalue weighted by Gasteiger charge is 2.30. The third-order valence-electron chi connectivity index (χ3n) is 3.78. The maximum absolute atomic E-state index is 12.6. The summed E-state index contributed by atoms with van der Waals surface area (Å²) in [5.74, 6) is 0. The lowest BCUT2D eigenvalue weighted by molar-refractivity contribution is 0.187. The van der Waals surface area contributed by atoms with Gasteiger partial charge in [-0.05, 0) is 45.0 Å². The summed E-state index contributed by atoms with van der Waals surface area (Å²) in [7, 11) is 0.141. The van der Waals surface area contributed by atoms with E-state index in [4.69, 9.17) is 11.6 Å². The van der Waals surface area contributed by atoms with Crippen molar-refractivity contribution in [2.24, 2.45) is 0 Å². The van der Waals surface area contributed by atoms with Gasteiger partial charge in [-0.3, -0.25) is 0 Å². The molecule has 1 aromatic rings. The zero-order valence-corrected chi connectivity index (χ0v) is 13.6. The summed E-state index contributed by atoms with van der Waals surface area (Å²) in [5.41, 5.74) is 0.668. The highest BCUT2D eigenvalue weighted by Crippen LogP contribution is 2.23. The van der Waals surface area contributed by atoms with Gasteiger partial charge in [0.1, 0.15) is 10.0 Å². The number of pyridine rings is 1. The van der Waals surface area contributed by atoms with Crippen LogP contribution in [-0.4, -0.2) is 55.8 Å². The number of halogens is 1. The van der Waals surface area contributed by atoms with Gasteiger partial charge in [-0.25, -0.2) is 13.4 Å². The van der Waals surface area contributed by atoms with Crippen molar-refractivity contribution in [1.82, 2.24) is 14.2 Å². The third kappa shape index (κ3) is 3.14. The second-order valence-electron chi connectivity index (χ2n) is 5.36. The Morgan fingerprint density at radius 1 is 1.50 bits per heavy atom. The molecule has 1 saturated heterocycles. The molecule has 112 valence electrons. The molecule has 0 aliphatic carbocycles. The van der Waals surface area contributed by atoms with Gasteiger partial charge in [-0.2, -0.15) is 4.31 Å². The van der Waals surface area contributed by atoms with E-state index in [-0.39, 0.29) is 10.9 Å². The van der Waals surface area contributed by atoms with Crippen LogP contribution in [0.5, 0.6) is 0 Å². The maximum atomic E-state index is 12.6.